The van der Waals surface area contributed by atoms with Gasteiger partial charge in [0, 0.05) is 30.8 Å². The normalized spacial score (nSPS) is 16.8. The Morgan fingerprint density at radius 3 is 2.11 bits per heavy atom. The molecule has 0 unspecified atom stereocenters. The second kappa shape index (κ2) is 10.7. The van der Waals surface area contributed by atoms with Crippen molar-refractivity contribution in [2.75, 3.05) is 13.1 Å². The van der Waals surface area contributed by atoms with E-state index in [1.165, 1.54) is 51.7 Å². The first-order valence-corrected chi connectivity index (χ1v) is 12.5. The summed E-state index contributed by atoms with van der Waals surface area (Å²) in [6.45, 7) is 3.28. The Bertz CT molecular complexity index is 1310. The van der Waals surface area contributed by atoms with Gasteiger partial charge in [0.25, 0.3) is 0 Å². The number of aliphatic hydroxyl groups is 1. The number of rotatable bonds is 7. The fourth-order valence-electron chi connectivity index (χ4n) is 5.36. The molecule has 37 heavy (non-hydrogen) atoms. The van der Waals surface area contributed by atoms with Crippen LogP contribution in [0.3, 0.4) is 0 Å². The summed E-state index contributed by atoms with van der Waals surface area (Å²) in [6.07, 6.45) is 4.49. The molecule has 1 saturated heterocycles. The Kier molecular flexibility index (Phi) is 7.26. The van der Waals surface area contributed by atoms with E-state index in [2.05, 4.69) is 63.5 Å². The Morgan fingerprint density at radius 1 is 0.946 bits per heavy atom. The molecule has 0 aliphatic carbocycles. The molecule has 190 valence electrons. The van der Waals surface area contributed by atoms with Crippen molar-refractivity contribution in [2.24, 2.45) is 0 Å². The van der Waals surface area contributed by atoms with Crippen molar-refractivity contribution in [1.82, 2.24) is 19.7 Å². The highest BCUT2D eigenvalue weighted by Gasteiger charge is 2.42. The number of hydrogen-bond acceptors (Lipinski definition) is 4. The lowest BCUT2D eigenvalue weighted by atomic mass is 9.83. The van der Waals surface area contributed by atoms with Crippen LogP contribution in [0.2, 0.25) is 0 Å². The number of benzene rings is 3. The van der Waals surface area contributed by atoms with E-state index in [-0.39, 0.29) is 12.1 Å². The zero-order chi connectivity index (χ0) is 25.8. The Labute approximate surface area is 215 Å². The summed E-state index contributed by atoms with van der Waals surface area (Å²) in [7, 11) is 0. The first kappa shape index (κ1) is 25.0. The monoisotopic (exact) mass is 500 g/mol. The van der Waals surface area contributed by atoms with Gasteiger partial charge in [-0.1, -0.05) is 72.3 Å². The van der Waals surface area contributed by atoms with Crippen molar-refractivity contribution in [2.45, 2.75) is 38.0 Å². The lowest BCUT2D eigenvalue weighted by Gasteiger charge is -2.43. The summed E-state index contributed by atoms with van der Waals surface area (Å²) < 4.78 is 30.2. The molecule has 5 rings (SSSR count). The van der Waals surface area contributed by atoms with Gasteiger partial charge in [0.1, 0.15) is 29.9 Å². The minimum Gasteiger partial charge on any atom is -0.381 e. The summed E-state index contributed by atoms with van der Waals surface area (Å²) in [5.74, 6) is -1.46. The number of likely N-dealkylation sites (tertiary alicyclic amines) is 1. The van der Waals surface area contributed by atoms with Crippen molar-refractivity contribution in [3.8, 4) is 0 Å². The van der Waals surface area contributed by atoms with Gasteiger partial charge in [0.05, 0.1) is 6.54 Å². The van der Waals surface area contributed by atoms with E-state index in [1.54, 1.807) is 0 Å². The van der Waals surface area contributed by atoms with Crippen LogP contribution < -0.4 is 0 Å². The van der Waals surface area contributed by atoms with Crippen molar-refractivity contribution >= 4 is 5.57 Å². The van der Waals surface area contributed by atoms with Crippen molar-refractivity contribution in [3.05, 3.63) is 125 Å². The zero-order valence-corrected chi connectivity index (χ0v) is 20.8. The van der Waals surface area contributed by atoms with Gasteiger partial charge in [0.15, 0.2) is 0 Å². The van der Waals surface area contributed by atoms with Crippen molar-refractivity contribution < 1.29 is 13.9 Å². The van der Waals surface area contributed by atoms with Gasteiger partial charge >= 0.3 is 0 Å². The minimum atomic E-state index is -1.64. The van der Waals surface area contributed by atoms with Crippen LogP contribution in [-0.4, -0.2) is 43.9 Å². The highest BCUT2D eigenvalue weighted by atomic mass is 19.1. The molecule has 1 fully saturated rings. The van der Waals surface area contributed by atoms with Gasteiger partial charge in [-0.25, -0.2) is 18.4 Å². The van der Waals surface area contributed by atoms with Gasteiger partial charge in [-0.2, -0.15) is 5.10 Å². The summed E-state index contributed by atoms with van der Waals surface area (Å²) in [5, 5.41) is 16.1. The standard InChI is InChI=1S/C30H30F2N4O/c1-22(30(37,19-36-21-33-20-34-36)27-13-12-26(31)18-28(27)32)35-16-14-25(15-17-35)29(23-8-4-2-5-9-23)24-10-6-3-7-11-24/h2-13,18,20-22,37H,14-17,19H2,1H3/t22-,30-/m1/s1. The molecule has 2 heterocycles. The summed E-state index contributed by atoms with van der Waals surface area (Å²) >= 11 is 0. The van der Waals surface area contributed by atoms with E-state index in [4.69, 9.17) is 0 Å². The molecule has 0 amide bonds. The highest BCUT2D eigenvalue weighted by Crippen LogP contribution is 2.37. The van der Waals surface area contributed by atoms with Crippen LogP contribution in [0.15, 0.2) is 97.1 Å². The van der Waals surface area contributed by atoms with Gasteiger partial charge in [-0.05, 0) is 42.5 Å². The SMILES string of the molecule is C[C@@H](N1CCC(=C(c2ccccc2)c2ccccc2)CC1)[C@](O)(Cn1cncn1)c1ccc(F)cc1F. The zero-order valence-electron chi connectivity index (χ0n) is 20.8. The molecule has 7 heteroatoms. The molecule has 1 aromatic heterocycles. The van der Waals surface area contributed by atoms with E-state index in [1.807, 2.05) is 19.1 Å². The number of hydrogen-bond donors (Lipinski definition) is 1. The summed E-state index contributed by atoms with van der Waals surface area (Å²) in [4.78, 5) is 6.14. The van der Waals surface area contributed by atoms with Crippen LogP contribution in [0.5, 0.6) is 0 Å². The van der Waals surface area contributed by atoms with E-state index in [0.29, 0.717) is 13.1 Å². The first-order chi connectivity index (χ1) is 18.0. The van der Waals surface area contributed by atoms with Crippen LogP contribution in [0.25, 0.3) is 5.57 Å². The largest absolute Gasteiger partial charge is 0.381 e. The molecular formula is C30H30F2N4O. The lowest BCUT2D eigenvalue weighted by molar-refractivity contribution is -0.0656. The molecule has 0 spiro atoms. The number of nitrogens with zero attached hydrogens (tertiary/aromatic N) is 4. The van der Waals surface area contributed by atoms with E-state index in [9.17, 15) is 13.9 Å². The molecular weight excluding hydrogens is 470 g/mol. The average molecular weight is 501 g/mol. The third-order valence-electron chi connectivity index (χ3n) is 7.39. The highest BCUT2D eigenvalue weighted by molar-refractivity contribution is 5.82. The Morgan fingerprint density at radius 2 is 1.57 bits per heavy atom. The van der Waals surface area contributed by atoms with Crippen molar-refractivity contribution in [3.63, 3.8) is 0 Å². The first-order valence-electron chi connectivity index (χ1n) is 12.5. The predicted molar refractivity (Wildman–Crippen MR) is 139 cm³/mol. The number of aromatic nitrogens is 3. The summed E-state index contributed by atoms with van der Waals surface area (Å²) in [5.41, 5.74) is 3.37. The second-order valence-corrected chi connectivity index (χ2v) is 9.56. The third-order valence-corrected chi connectivity index (χ3v) is 7.39. The average Bonchev–Trinajstić information content (AvgIpc) is 3.43. The summed E-state index contributed by atoms with van der Waals surface area (Å²) in [6, 6.07) is 23.7. The molecule has 1 N–H and O–H groups in total. The topological polar surface area (TPSA) is 54.2 Å². The van der Waals surface area contributed by atoms with Crippen LogP contribution in [-0.2, 0) is 12.1 Å². The number of halogens is 2. The minimum absolute atomic E-state index is 0.00477. The fourth-order valence-corrected chi connectivity index (χ4v) is 5.36. The quantitative estimate of drug-likeness (QED) is 0.368. The van der Waals surface area contributed by atoms with E-state index >= 15 is 0 Å². The van der Waals surface area contributed by atoms with Crippen LogP contribution in [0.1, 0.15) is 36.5 Å². The van der Waals surface area contributed by atoms with Gasteiger partial charge in [-0.15, -0.1) is 0 Å². The van der Waals surface area contributed by atoms with Gasteiger partial charge in [-0.3, -0.25) is 4.90 Å². The van der Waals surface area contributed by atoms with Gasteiger partial charge in [0.2, 0.25) is 0 Å². The Balaban J connectivity index is 1.45. The molecule has 0 bridgehead atoms. The molecule has 0 radical (unpaired) electrons. The maximum absolute atomic E-state index is 15.0. The van der Waals surface area contributed by atoms with Crippen LogP contribution in [0, 0.1) is 11.6 Å². The maximum Gasteiger partial charge on any atom is 0.137 e. The van der Waals surface area contributed by atoms with Gasteiger partial charge < -0.3 is 5.11 Å². The molecule has 2 atom stereocenters. The van der Waals surface area contributed by atoms with Crippen LogP contribution >= 0.6 is 0 Å². The molecule has 5 nitrogen and oxygen atoms in total. The number of piperidine rings is 1. The van der Waals surface area contributed by atoms with E-state index in [0.717, 1.165) is 18.9 Å². The van der Waals surface area contributed by atoms with Crippen LogP contribution in [0.4, 0.5) is 8.78 Å². The molecule has 4 aromatic rings. The second-order valence-electron chi connectivity index (χ2n) is 9.56. The smallest absolute Gasteiger partial charge is 0.137 e. The Hall–Kier alpha value is -3.68. The third kappa shape index (κ3) is 5.24. The molecule has 1 aliphatic heterocycles. The predicted octanol–water partition coefficient (Wildman–Crippen LogP) is 5.43. The van der Waals surface area contributed by atoms with E-state index < -0.39 is 23.3 Å². The molecule has 1 aliphatic rings. The lowest BCUT2D eigenvalue weighted by Crippen LogP contribution is -2.53. The fraction of sp³-hybridized carbons (Fsp3) is 0.267. The molecule has 3 aromatic carbocycles. The molecule has 0 saturated carbocycles. The van der Waals surface area contributed by atoms with Crippen molar-refractivity contribution in [1.29, 1.82) is 0 Å². The maximum atomic E-state index is 15.0.